The number of carbonyl (C=O) groups is 1. The van der Waals surface area contributed by atoms with E-state index in [4.69, 9.17) is 11.6 Å². The maximum absolute atomic E-state index is 12.7. The molecule has 2 aromatic carbocycles. The molecule has 0 atom stereocenters. The molecule has 8 nitrogen and oxygen atoms in total. The lowest BCUT2D eigenvalue weighted by molar-refractivity contribution is -0.110. The van der Waals surface area contributed by atoms with Gasteiger partial charge in [0.2, 0.25) is 10.0 Å². The highest BCUT2D eigenvalue weighted by Crippen LogP contribution is 2.27. The molecule has 0 radical (unpaired) electrons. The third kappa shape index (κ3) is 4.18. The first kappa shape index (κ1) is 20.0. The number of hydrazone groups is 1. The number of benzene rings is 2. The molecule has 0 spiro atoms. The Hall–Kier alpha value is -3.27. The van der Waals surface area contributed by atoms with E-state index >= 15 is 0 Å². The molecule has 152 valence electrons. The molecule has 10 heteroatoms. The van der Waals surface area contributed by atoms with Gasteiger partial charge >= 0.3 is 0 Å². The molecule has 0 fully saturated rings. The molecule has 0 aliphatic carbocycles. The Balaban J connectivity index is 1.60. The number of rotatable bonds is 6. The number of sulfonamides is 1. The number of anilines is 2. The lowest BCUT2D eigenvalue weighted by atomic mass is 10.1. The molecule has 1 aliphatic heterocycles. The van der Waals surface area contributed by atoms with E-state index in [9.17, 15) is 13.2 Å². The maximum Gasteiger partial charge on any atom is 0.276 e. The van der Waals surface area contributed by atoms with Crippen molar-refractivity contribution >= 4 is 44.6 Å². The smallest absolute Gasteiger partial charge is 0.276 e. The minimum atomic E-state index is -3.81. The molecular formula is C20H16ClN5O3S. The summed E-state index contributed by atoms with van der Waals surface area (Å²) in [6.07, 6.45) is 3.19. The van der Waals surface area contributed by atoms with Crippen LogP contribution < -0.4 is 15.5 Å². The summed E-state index contributed by atoms with van der Waals surface area (Å²) in [5, 5.41) is 7.25. The van der Waals surface area contributed by atoms with Gasteiger partial charge in [-0.2, -0.15) is 5.10 Å². The summed E-state index contributed by atoms with van der Waals surface area (Å²) < 4.78 is 27.9. The van der Waals surface area contributed by atoms with Gasteiger partial charge in [0, 0.05) is 24.5 Å². The Morgan fingerprint density at radius 2 is 1.93 bits per heavy atom. The lowest BCUT2D eigenvalue weighted by Gasteiger charge is -2.08. The zero-order valence-electron chi connectivity index (χ0n) is 15.5. The van der Waals surface area contributed by atoms with Crippen LogP contribution in [0.2, 0.25) is 5.02 Å². The molecule has 4 rings (SSSR count). The molecule has 1 aromatic heterocycles. The van der Waals surface area contributed by atoms with Crippen molar-refractivity contribution in [3.8, 4) is 0 Å². The number of halogens is 1. The summed E-state index contributed by atoms with van der Waals surface area (Å²) in [6, 6.07) is 14.8. The summed E-state index contributed by atoms with van der Waals surface area (Å²) >= 11 is 6.09. The number of carbonyl (C=O) groups excluding carboxylic acids is 1. The van der Waals surface area contributed by atoms with Crippen molar-refractivity contribution in [2.24, 2.45) is 5.10 Å². The maximum atomic E-state index is 12.7. The first-order valence-corrected chi connectivity index (χ1v) is 10.7. The number of nitrogens with zero attached hydrogens (tertiary/aromatic N) is 2. The molecule has 0 saturated carbocycles. The second kappa shape index (κ2) is 8.23. The first-order chi connectivity index (χ1) is 14.4. The number of hydrogen-bond donors (Lipinski definition) is 3. The zero-order valence-corrected chi connectivity index (χ0v) is 17.0. The number of para-hydroxylation sites is 1. The summed E-state index contributed by atoms with van der Waals surface area (Å²) in [5.74, 6) is -0.442. The predicted octanol–water partition coefficient (Wildman–Crippen LogP) is 2.98. The number of aromatic nitrogens is 1. The van der Waals surface area contributed by atoms with Gasteiger partial charge in [0.15, 0.2) is 5.71 Å². The fraction of sp³-hybridized carbons (Fsp3) is 0.0500. The molecule has 2 heterocycles. The van der Waals surface area contributed by atoms with Gasteiger partial charge in [0.05, 0.1) is 21.3 Å². The Kier molecular flexibility index (Phi) is 5.49. The van der Waals surface area contributed by atoms with Crippen molar-refractivity contribution in [1.29, 1.82) is 0 Å². The molecule has 0 bridgehead atoms. The third-order valence-corrected chi connectivity index (χ3v) is 6.10. The topological polar surface area (TPSA) is 113 Å². The summed E-state index contributed by atoms with van der Waals surface area (Å²) in [6.45, 7) is 0.0967. The lowest BCUT2D eigenvalue weighted by Crippen LogP contribution is -2.23. The largest absolute Gasteiger partial charge is 0.320 e. The number of pyridine rings is 1. The van der Waals surface area contributed by atoms with Crippen LogP contribution in [0, 0.1) is 0 Å². The monoisotopic (exact) mass is 441 g/mol. The van der Waals surface area contributed by atoms with Crippen LogP contribution >= 0.6 is 11.6 Å². The van der Waals surface area contributed by atoms with Crippen LogP contribution in [0.5, 0.6) is 0 Å². The van der Waals surface area contributed by atoms with Gasteiger partial charge in [-0.15, -0.1) is 0 Å². The standard InChI is InChI=1S/C20H16ClN5O3S/c21-16-5-1-2-6-18(16)25-26-19-15-10-14(7-8-17(15)24-20(19)27)30(28,29)23-12-13-4-3-9-22-11-13/h1-11,23,25H,12H2,(H,24,26,27). The van der Waals surface area contributed by atoms with Crippen molar-refractivity contribution in [3.05, 3.63) is 83.1 Å². The molecule has 0 unspecified atom stereocenters. The Morgan fingerprint density at radius 1 is 1.10 bits per heavy atom. The fourth-order valence-corrected chi connectivity index (χ4v) is 4.06. The minimum Gasteiger partial charge on any atom is -0.320 e. The van der Waals surface area contributed by atoms with Gasteiger partial charge in [0.1, 0.15) is 0 Å². The molecule has 3 N–H and O–H groups in total. The van der Waals surface area contributed by atoms with E-state index in [2.05, 4.69) is 25.6 Å². The number of fused-ring (bicyclic) bond motifs is 1. The second-order valence-electron chi connectivity index (χ2n) is 6.40. The van der Waals surface area contributed by atoms with Crippen molar-refractivity contribution in [2.75, 3.05) is 10.7 Å². The Bertz CT molecular complexity index is 1250. The van der Waals surface area contributed by atoms with E-state index in [1.165, 1.54) is 18.2 Å². The number of nitrogens with one attached hydrogen (secondary N) is 3. The Labute approximate surface area is 178 Å². The molecular weight excluding hydrogens is 426 g/mol. The molecule has 30 heavy (non-hydrogen) atoms. The van der Waals surface area contributed by atoms with Crippen LogP contribution in [0.3, 0.4) is 0 Å². The van der Waals surface area contributed by atoms with Gasteiger partial charge in [-0.05, 0) is 42.0 Å². The normalized spacial score (nSPS) is 14.4. The van der Waals surface area contributed by atoms with Gasteiger partial charge in [-0.3, -0.25) is 15.2 Å². The Morgan fingerprint density at radius 3 is 2.70 bits per heavy atom. The van der Waals surface area contributed by atoms with E-state index in [-0.39, 0.29) is 17.2 Å². The average molecular weight is 442 g/mol. The van der Waals surface area contributed by atoms with Gasteiger partial charge in [-0.25, -0.2) is 13.1 Å². The van der Waals surface area contributed by atoms with E-state index in [1.54, 1.807) is 48.8 Å². The average Bonchev–Trinajstić information content (AvgIpc) is 3.07. The van der Waals surface area contributed by atoms with Crippen LogP contribution in [0.25, 0.3) is 0 Å². The van der Waals surface area contributed by atoms with Crippen LogP contribution in [0.4, 0.5) is 11.4 Å². The van der Waals surface area contributed by atoms with Crippen molar-refractivity contribution in [3.63, 3.8) is 0 Å². The van der Waals surface area contributed by atoms with Crippen molar-refractivity contribution < 1.29 is 13.2 Å². The molecule has 3 aromatic rings. The summed E-state index contributed by atoms with van der Waals surface area (Å²) in [7, 11) is -3.81. The highest BCUT2D eigenvalue weighted by atomic mass is 35.5. The minimum absolute atomic E-state index is 0.0204. The zero-order chi connectivity index (χ0) is 21.1. The summed E-state index contributed by atoms with van der Waals surface area (Å²) in [4.78, 5) is 16.3. The van der Waals surface area contributed by atoms with Crippen LogP contribution in [0.1, 0.15) is 11.1 Å². The first-order valence-electron chi connectivity index (χ1n) is 8.86. The molecule has 1 amide bonds. The van der Waals surface area contributed by atoms with E-state index in [1.807, 2.05) is 0 Å². The van der Waals surface area contributed by atoms with Crippen molar-refractivity contribution in [1.82, 2.24) is 9.71 Å². The predicted molar refractivity (Wildman–Crippen MR) is 115 cm³/mol. The highest BCUT2D eigenvalue weighted by Gasteiger charge is 2.28. The highest BCUT2D eigenvalue weighted by molar-refractivity contribution is 7.89. The van der Waals surface area contributed by atoms with E-state index in [0.717, 1.165) is 5.56 Å². The second-order valence-corrected chi connectivity index (χ2v) is 8.57. The van der Waals surface area contributed by atoms with Crippen LogP contribution in [-0.2, 0) is 21.4 Å². The van der Waals surface area contributed by atoms with Gasteiger partial charge in [0.25, 0.3) is 5.91 Å². The fourth-order valence-electron chi connectivity index (χ4n) is 2.84. The van der Waals surface area contributed by atoms with Gasteiger partial charge < -0.3 is 5.32 Å². The van der Waals surface area contributed by atoms with Crippen LogP contribution in [-0.4, -0.2) is 25.0 Å². The number of amides is 1. The van der Waals surface area contributed by atoms with Crippen molar-refractivity contribution in [2.45, 2.75) is 11.4 Å². The molecule has 0 saturated heterocycles. The quantitative estimate of drug-likeness (QED) is 0.509. The van der Waals surface area contributed by atoms with E-state index < -0.39 is 15.9 Å². The van der Waals surface area contributed by atoms with E-state index in [0.29, 0.717) is 22.0 Å². The summed E-state index contributed by atoms with van der Waals surface area (Å²) in [5.41, 5.74) is 4.92. The third-order valence-electron chi connectivity index (χ3n) is 4.37. The SMILES string of the molecule is O=C1Nc2ccc(S(=O)(=O)NCc3cccnc3)cc2/C1=N/Nc1ccccc1Cl. The molecule has 1 aliphatic rings. The van der Waals surface area contributed by atoms with Crippen LogP contribution in [0.15, 0.2) is 77.0 Å². The van der Waals surface area contributed by atoms with Gasteiger partial charge in [-0.1, -0.05) is 29.8 Å². The number of hydrogen-bond acceptors (Lipinski definition) is 6.